The van der Waals surface area contributed by atoms with Gasteiger partial charge in [0, 0.05) is 11.4 Å². The third-order valence-corrected chi connectivity index (χ3v) is 8.68. The molecule has 1 unspecified atom stereocenters. The van der Waals surface area contributed by atoms with E-state index in [-0.39, 0.29) is 12.5 Å². The minimum absolute atomic E-state index is 0.154. The van der Waals surface area contributed by atoms with E-state index in [4.69, 9.17) is 25.4 Å². The van der Waals surface area contributed by atoms with E-state index in [9.17, 15) is 9.67 Å². The minimum Gasteiger partial charge on any atom is -0.508 e. The quantitative estimate of drug-likeness (QED) is 0.297. The van der Waals surface area contributed by atoms with Gasteiger partial charge in [-0.2, -0.15) is 0 Å². The first-order valence-electron chi connectivity index (χ1n) is 12.4. The predicted octanol–water partition coefficient (Wildman–Crippen LogP) is 8.47. The molecule has 0 saturated carbocycles. The number of ether oxygens (including phenoxy) is 1. The molecule has 1 fully saturated rings. The van der Waals surface area contributed by atoms with Crippen molar-refractivity contribution in [3.63, 3.8) is 0 Å². The van der Waals surface area contributed by atoms with Crippen molar-refractivity contribution >= 4 is 19.2 Å². The van der Waals surface area contributed by atoms with Crippen molar-refractivity contribution in [2.75, 3.05) is 13.0 Å². The molecular formula is C29H34ClO5P. The first kappa shape index (κ1) is 26.8. The molecule has 0 amide bonds. The van der Waals surface area contributed by atoms with Crippen molar-refractivity contribution in [3.8, 4) is 11.5 Å². The molecule has 0 aliphatic carbocycles. The maximum absolute atomic E-state index is 13.3. The zero-order chi connectivity index (χ0) is 25.9. The lowest BCUT2D eigenvalue weighted by Gasteiger charge is -2.30. The van der Waals surface area contributed by atoms with Crippen molar-refractivity contribution < 1.29 is 23.5 Å². The van der Waals surface area contributed by atoms with Gasteiger partial charge in [0.05, 0.1) is 12.7 Å². The van der Waals surface area contributed by atoms with Crippen LogP contribution in [0.2, 0.25) is 5.02 Å². The normalized spacial score (nSPS) is 20.8. The molecule has 0 radical (unpaired) electrons. The summed E-state index contributed by atoms with van der Waals surface area (Å²) in [5.41, 5.74) is 6.41. The van der Waals surface area contributed by atoms with E-state index in [0.717, 1.165) is 40.7 Å². The lowest BCUT2D eigenvalue weighted by Crippen LogP contribution is -2.17. The molecule has 192 valence electrons. The van der Waals surface area contributed by atoms with E-state index in [2.05, 4.69) is 33.8 Å². The Morgan fingerprint density at radius 1 is 1.14 bits per heavy atom. The van der Waals surface area contributed by atoms with Gasteiger partial charge in [0.15, 0.2) is 6.35 Å². The van der Waals surface area contributed by atoms with Crippen LogP contribution < -0.4 is 4.74 Å². The zero-order valence-corrected chi connectivity index (χ0v) is 22.9. The number of hydrogen-bond acceptors (Lipinski definition) is 5. The van der Waals surface area contributed by atoms with E-state index < -0.39 is 7.60 Å². The van der Waals surface area contributed by atoms with Gasteiger partial charge in [-0.25, -0.2) is 0 Å². The standard InChI is InChI=1S/C29H34ClO5P/c1-5-19(2)27-16-22(9-10-28(27)31)15-26-20(3)13-25(14-21(26)4)33-18-36(32)34-12-11-29(35-36)23-7-6-8-24(30)17-23/h6-10,13-14,16-17,19,29,31H,5,11-12,15,18H2,1-4H3/t19?,29-,36+/m0/s1. The predicted molar refractivity (Wildman–Crippen MR) is 144 cm³/mol. The van der Waals surface area contributed by atoms with Gasteiger partial charge in [0.25, 0.3) is 0 Å². The molecule has 36 heavy (non-hydrogen) atoms. The number of aromatic hydroxyl groups is 1. The number of aryl methyl sites for hydroxylation is 2. The number of phenolic OH excluding ortho intramolecular Hbond substituents is 1. The first-order chi connectivity index (χ1) is 17.2. The first-order valence-corrected chi connectivity index (χ1v) is 14.5. The molecule has 1 saturated heterocycles. The molecule has 5 nitrogen and oxygen atoms in total. The third kappa shape index (κ3) is 6.33. The number of benzene rings is 3. The van der Waals surface area contributed by atoms with Gasteiger partial charge in [0.2, 0.25) is 0 Å². The highest BCUT2D eigenvalue weighted by Gasteiger charge is 2.35. The molecule has 3 atom stereocenters. The second kappa shape index (κ2) is 11.4. The smallest absolute Gasteiger partial charge is 0.368 e. The maximum Gasteiger partial charge on any atom is 0.368 e. The third-order valence-electron chi connectivity index (χ3n) is 6.85. The van der Waals surface area contributed by atoms with Crippen molar-refractivity contribution in [1.29, 1.82) is 0 Å². The molecule has 7 heteroatoms. The maximum atomic E-state index is 13.3. The Labute approximate surface area is 218 Å². The summed E-state index contributed by atoms with van der Waals surface area (Å²) in [5, 5.41) is 10.9. The van der Waals surface area contributed by atoms with Gasteiger partial charge in [-0.15, -0.1) is 0 Å². The topological polar surface area (TPSA) is 65.0 Å². The summed E-state index contributed by atoms with van der Waals surface area (Å²) in [4.78, 5) is 0. The highest BCUT2D eigenvalue weighted by atomic mass is 35.5. The van der Waals surface area contributed by atoms with Crippen LogP contribution in [-0.2, 0) is 20.0 Å². The highest BCUT2D eigenvalue weighted by Crippen LogP contribution is 2.56. The summed E-state index contributed by atoms with van der Waals surface area (Å²) in [6.45, 7) is 8.69. The lowest BCUT2D eigenvalue weighted by molar-refractivity contribution is 0.0725. The van der Waals surface area contributed by atoms with Gasteiger partial charge in [0.1, 0.15) is 11.5 Å². The average Bonchev–Trinajstić information content (AvgIpc) is 2.85. The van der Waals surface area contributed by atoms with Gasteiger partial charge >= 0.3 is 7.60 Å². The van der Waals surface area contributed by atoms with Gasteiger partial charge in [-0.3, -0.25) is 9.09 Å². The number of phenols is 1. The summed E-state index contributed by atoms with van der Waals surface area (Å²) in [6, 6.07) is 17.2. The van der Waals surface area contributed by atoms with Crippen LogP contribution in [0.3, 0.4) is 0 Å². The fraction of sp³-hybridized carbons (Fsp3) is 0.379. The Balaban J connectivity index is 1.45. The molecule has 1 aliphatic heterocycles. The van der Waals surface area contributed by atoms with Crippen molar-refractivity contribution in [2.24, 2.45) is 0 Å². The molecule has 1 heterocycles. The van der Waals surface area contributed by atoms with Gasteiger partial charge in [-0.1, -0.05) is 49.7 Å². The number of halogens is 1. The number of rotatable bonds is 8. The summed E-state index contributed by atoms with van der Waals surface area (Å²) in [5.74, 6) is 1.28. The molecule has 4 rings (SSSR count). The highest BCUT2D eigenvalue weighted by molar-refractivity contribution is 7.53. The monoisotopic (exact) mass is 528 g/mol. The molecule has 1 N–H and O–H groups in total. The average molecular weight is 529 g/mol. The summed E-state index contributed by atoms with van der Waals surface area (Å²) in [7, 11) is -3.42. The van der Waals surface area contributed by atoms with Crippen LogP contribution in [0.15, 0.2) is 54.6 Å². The van der Waals surface area contributed by atoms with Crippen LogP contribution in [0, 0.1) is 13.8 Å². The van der Waals surface area contributed by atoms with E-state index in [1.54, 1.807) is 12.1 Å². The van der Waals surface area contributed by atoms with Gasteiger partial charge in [-0.05, 0) is 96.3 Å². The second-order valence-electron chi connectivity index (χ2n) is 9.57. The minimum atomic E-state index is -3.42. The zero-order valence-electron chi connectivity index (χ0n) is 21.3. The fourth-order valence-electron chi connectivity index (χ4n) is 4.58. The van der Waals surface area contributed by atoms with Crippen LogP contribution >= 0.6 is 19.2 Å². The summed E-state index contributed by atoms with van der Waals surface area (Å²) < 4.78 is 30.6. The lowest BCUT2D eigenvalue weighted by atomic mass is 9.91. The van der Waals surface area contributed by atoms with E-state index in [1.807, 2.05) is 36.4 Å². The van der Waals surface area contributed by atoms with Crippen LogP contribution in [0.25, 0.3) is 0 Å². The van der Waals surface area contributed by atoms with Crippen molar-refractivity contribution in [2.45, 2.75) is 59.0 Å². The van der Waals surface area contributed by atoms with Crippen LogP contribution in [0.1, 0.15) is 72.1 Å². The largest absolute Gasteiger partial charge is 0.508 e. The molecule has 0 spiro atoms. The molecule has 1 aliphatic rings. The Bertz CT molecular complexity index is 1250. The van der Waals surface area contributed by atoms with Crippen molar-refractivity contribution in [3.05, 3.63) is 93.0 Å². The Morgan fingerprint density at radius 2 is 1.89 bits per heavy atom. The Kier molecular flexibility index (Phi) is 8.47. The Morgan fingerprint density at radius 3 is 2.58 bits per heavy atom. The second-order valence-corrected chi connectivity index (χ2v) is 12.0. The van der Waals surface area contributed by atoms with Crippen molar-refractivity contribution in [1.82, 2.24) is 0 Å². The molecule has 0 aromatic heterocycles. The van der Waals surface area contributed by atoms with E-state index >= 15 is 0 Å². The number of hydrogen-bond donors (Lipinski definition) is 1. The summed E-state index contributed by atoms with van der Waals surface area (Å²) >= 11 is 6.11. The summed E-state index contributed by atoms with van der Waals surface area (Å²) in [6.07, 6.45) is 1.83. The van der Waals surface area contributed by atoms with Crippen LogP contribution in [0.5, 0.6) is 11.5 Å². The van der Waals surface area contributed by atoms with Crippen LogP contribution in [0.4, 0.5) is 0 Å². The molecule has 3 aromatic carbocycles. The molecule has 3 aromatic rings. The van der Waals surface area contributed by atoms with E-state index in [0.29, 0.717) is 35.5 Å². The van der Waals surface area contributed by atoms with Crippen LogP contribution in [-0.4, -0.2) is 18.1 Å². The Hall–Kier alpha value is -2.30. The molecular weight excluding hydrogens is 495 g/mol. The van der Waals surface area contributed by atoms with E-state index in [1.165, 1.54) is 5.56 Å². The fourth-order valence-corrected chi connectivity index (χ4v) is 6.28. The van der Waals surface area contributed by atoms with Gasteiger partial charge < -0.3 is 14.4 Å². The molecule has 0 bridgehead atoms. The SMILES string of the molecule is CCC(C)c1cc(Cc2c(C)cc(OC[P@@]3(=O)OCC[C@@H](c4cccc(Cl)c4)O3)cc2C)ccc1O.